The molecular formula is C19H19F2N3O3. The van der Waals surface area contributed by atoms with Gasteiger partial charge >= 0.3 is 0 Å². The molecule has 0 aliphatic rings. The van der Waals surface area contributed by atoms with Crippen molar-refractivity contribution in [1.29, 1.82) is 0 Å². The summed E-state index contributed by atoms with van der Waals surface area (Å²) in [6, 6.07) is 9.58. The highest BCUT2D eigenvalue weighted by Gasteiger charge is 2.14. The summed E-state index contributed by atoms with van der Waals surface area (Å²) in [4.78, 5) is 36.6. The lowest BCUT2D eigenvalue weighted by Gasteiger charge is -2.22. The number of halogens is 2. The fraction of sp³-hybridized carbons (Fsp3) is 0.211. The van der Waals surface area contributed by atoms with E-state index >= 15 is 0 Å². The first-order chi connectivity index (χ1) is 12.8. The Bertz CT molecular complexity index is 871. The highest BCUT2D eigenvalue weighted by Crippen LogP contribution is 2.19. The molecule has 0 heterocycles. The minimum absolute atomic E-state index is 0.0177. The van der Waals surface area contributed by atoms with Gasteiger partial charge < -0.3 is 15.5 Å². The topological polar surface area (TPSA) is 78.5 Å². The Balaban J connectivity index is 2.02. The Morgan fingerprint density at radius 3 is 2.37 bits per heavy atom. The van der Waals surface area contributed by atoms with Crippen molar-refractivity contribution in [2.24, 2.45) is 0 Å². The van der Waals surface area contributed by atoms with Crippen LogP contribution in [0, 0.1) is 11.6 Å². The maximum absolute atomic E-state index is 13.2. The largest absolute Gasteiger partial charge is 0.350 e. The van der Waals surface area contributed by atoms with Crippen molar-refractivity contribution in [2.75, 3.05) is 23.3 Å². The summed E-state index contributed by atoms with van der Waals surface area (Å²) >= 11 is 0. The standard InChI is InChI=1S/C19H19F2N3O3/c1-12(25)23-15-4-3-5-16(11-15)24(13(2)26)9-8-22-19(27)14-6-7-17(20)18(21)10-14/h3-7,10-11H,8-9H2,1-2H3,(H,22,27)(H,23,25). The number of nitrogens with zero attached hydrogens (tertiary/aromatic N) is 1. The molecule has 0 saturated carbocycles. The lowest BCUT2D eigenvalue weighted by Crippen LogP contribution is -2.37. The molecule has 0 atom stereocenters. The van der Waals surface area contributed by atoms with Crippen molar-refractivity contribution in [2.45, 2.75) is 13.8 Å². The van der Waals surface area contributed by atoms with Crippen molar-refractivity contribution < 1.29 is 23.2 Å². The average Bonchev–Trinajstić information content (AvgIpc) is 2.60. The molecule has 2 aromatic rings. The molecule has 2 aromatic carbocycles. The number of nitrogens with one attached hydrogen (secondary N) is 2. The molecule has 2 N–H and O–H groups in total. The molecule has 27 heavy (non-hydrogen) atoms. The Morgan fingerprint density at radius 1 is 1.00 bits per heavy atom. The molecule has 6 nitrogen and oxygen atoms in total. The van der Waals surface area contributed by atoms with Crippen LogP contribution in [0.25, 0.3) is 0 Å². The molecule has 8 heteroatoms. The van der Waals surface area contributed by atoms with Gasteiger partial charge in [-0.15, -0.1) is 0 Å². The second-order valence-electron chi connectivity index (χ2n) is 5.79. The number of anilines is 2. The summed E-state index contributed by atoms with van der Waals surface area (Å²) in [7, 11) is 0. The van der Waals surface area contributed by atoms with E-state index in [2.05, 4.69) is 10.6 Å². The van der Waals surface area contributed by atoms with Crippen molar-refractivity contribution in [3.05, 3.63) is 59.7 Å². The molecule has 2 rings (SSSR count). The van der Waals surface area contributed by atoms with E-state index in [1.165, 1.54) is 24.8 Å². The highest BCUT2D eigenvalue weighted by atomic mass is 19.2. The Kier molecular flexibility index (Phi) is 6.59. The first kappa shape index (κ1) is 20.0. The van der Waals surface area contributed by atoms with Crippen LogP contribution in [-0.2, 0) is 9.59 Å². The number of benzene rings is 2. The van der Waals surface area contributed by atoms with Crippen molar-refractivity contribution in [3.8, 4) is 0 Å². The fourth-order valence-electron chi connectivity index (χ4n) is 2.44. The van der Waals surface area contributed by atoms with E-state index in [0.29, 0.717) is 11.4 Å². The van der Waals surface area contributed by atoms with Crippen molar-refractivity contribution in [1.82, 2.24) is 5.32 Å². The van der Waals surface area contributed by atoms with Gasteiger partial charge in [0.15, 0.2) is 11.6 Å². The molecule has 3 amide bonds. The van der Waals surface area contributed by atoms with E-state index in [-0.39, 0.29) is 30.5 Å². The summed E-state index contributed by atoms with van der Waals surface area (Å²) in [6.45, 7) is 3.02. The molecule has 0 unspecified atom stereocenters. The minimum Gasteiger partial charge on any atom is -0.350 e. The minimum atomic E-state index is -1.11. The number of hydrogen-bond acceptors (Lipinski definition) is 3. The summed E-state index contributed by atoms with van der Waals surface area (Å²) in [5, 5.41) is 5.19. The molecule has 0 spiro atoms. The van der Waals surface area contributed by atoms with Crippen LogP contribution in [0.15, 0.2) is 42.5 Å². The second-order valence-corrected chi connectivity index (χ2v) is 5.79. The van der Waals surface area contributed by atoms with Gasteiger partial charge in [0.1, 0.15) is 0 Å². The molecule has 0 aliphatic carbocycles. The number of rotatable bonds is 6. The van der Waals surface area contributed by atoms with Gasteiger partial charge in [-0.25, -0.2) is 8.78 Å². The quantitative estimate of drug-likeness (QED) is 0.815. The van der Waals surface area contributed by atoms with Gasteiger partial charge in [0, 0.05) is 43.9 Å². The predicted octanol–water partition coefficient (Wildman–Crippen LogP) is 2.71. The first-order valence-electron chi connectivity index (χ1n) is 8.17. The van der Waals surface area contributed by atoms with Gasteiger partial charge in [0.25, 0.3) is 5.91 Å². The van der Waals surface area contributed by atoms with E-state index in [0.717, 1.165) is 12.1 Å². The summed E-state index contributed by atoms with van der Waals surface area (Å²) in [5.41, 5.74) is 1.07. The summed E-state index contributed by atoms with van der Waals surface area (Å²) in [6.07, 6.45) is 0. The number of amides is 3. The SMILES string of the molecule is CC(=O)Nc1cccc(N(CCNC(=O)c2ccc(F)c(F)c2)C(C)=O)c1. The molecular weight excluding hydrogens is 356 g/mol. The highest BCUT2D eigenvalue weighted by molar-refractivity contribution is 5.95. The molecule has 0 fully saturated rings. The van der Waals surface area contributed by atoms with Crippen LogP contribution < -0.4 is 15.5 Å². The van der Waals surface area contributed by atoms with Gasteiger partial charge in [-0.05, 0) is 36.4 Å². The molecule has 0 aliphatic heterocycles. The molecule has 0 radical (unpaired) electrons. The molecule has 0 bridgehead atoms. The zero-order valence-corrected chi connectivity index (χ0v) is 14.9. The van der Waals surface area contributed by atoms with Crippen LogP contribution in [0.2, 0.25) is 0 Å². The van der Waals surface area contributed by atoms with Gasteiger partial charge in [0.2, 0.25) is 11.8 Å². The normalized spacial score (nSPS) is 10.2. The number of carbonyl (C=O) groups is 3. The zero-order chi connectivity index (χ0) is 20.0. The summed E-state index contributed by atoms with van der Waals surface area (Å²) < 4.78 is 26.1. The Morgan fingerprint density at radius 2 is 1.74 bits per heavy atom. The number of hydrogen-bond donors (Lipinski definition) is 2. The monoisotopic (exact) mass is 375 g/mol. The lowest BCUT2D eigenvalue weighted by atomic mass is 10.2. The van der Waals surface area contributed by atoms with Crippen LogP contribution in [0.1, 0.15) is 24.2 Å². The van der Waals surface area contributed by atoms with Crippen molar-refractivity contribution in [3.63, 3.8) is 0 Å². The van der Waals surface area contributed by atoms with E-state index in [1.807, 2.05) is 0 Å². The van der Waals surface area contributed by atoms with Crippen LogP contribution in [0.4, 0.5) is 20.2 Å². The molecule has 142 valence electrons. The first-order valence-corrected chi connectivity index (χ1v) is 8.17. The van der Waals surface area contributed by atoms with Crippen LogP contribution >= 0.6 is 0 Å². The Hall–Kier alpha value is -3.29. The second kappa shape index (κ2) is 8.88. The fourth-order valence-corrected chi connectivity index (χ4v) is 2.44. The maximum atomic E-state index is 13.2. The van der Waals surface area contributed by atoms with Gasteiger partial charge in [0.05, 0.1) is 0 Å². The third kappa shape index (κ3) is 5.60. The number of carbonyl (C=O) groups excluding carboxylic acids is 3. The van der Waals surface area contributed by atoms with E-state index in [9.17, 15) is 23.2 Å². The van der Waals surface area contributed by atoms with Crippen LogP contribution in [-0.4, -0.2) is 30.8 Å². The maximum Gasteiger partial charge on any atom is 0.251 e. The van der Waals surface area contributed by atoms with Crippen molar-refractivity contribution >= 4 is 29.1 Å². The van der Waals surface area contributed by atoms with Crippen LogP contribution in [0.3, 0.4) is 0 Å². The van der Waals surface area contributed by atoms with E-state index < -0.39 is 17.5 Å². The zero-order valence-electron chi connectivity index (χ0n) is 14.9. The van der Waals surface area contributed by atoms with Crippen LogP contribution in [0.5, 0.6) is 0 Å². The lowest BCUT2D eigenvalue weighted by molar-refractivity contribution is -0.116. The third-order valence-electron chi connectivity index (χ3n) is 3.66. The summed E-state index contributed by atoms with van der Waals surface area (Å²) in [5.74, 6) is -3.21. The molecule has 0 saturated heterocycles. The van der Waals surface area contributed by atoms with Gasteiger partial charge in [-0.1, -0.05) is 6.07 Å². The van der Waals surface area contributed by atoms with Gasteiger partial charge in [-0.3, -0.25) is 14.4 Å². The molecule has 0 aromatic heterocycles. The smallest absolute Gasteiger partial charge is 0.251 e. The van der Waals surface area contributed by atoms with E-state index in [1.54, 1.807) is 24.3 Å². The third-order valence-corrected chi connectivity index (χ3v) is 3.66. The Labute approximate surface area is 155 Å². The average molecular weight is 375 g/mol. The van der Waals surface area contributed by atoms with Gasteiger partial charge in [-0.2, -0.15) is 0 Å². The van der Waals surface area contributed by atoms with E-state index in [4.69, 9.17) is 0 Å². The predicted molar refractivity (Wildman–Crippen MR) is 97.5 cm³/mol.